The van der Waals surface area contributed by atoms with Gasteiger partial charge in [-0.2, -0.15) is 0 Å². The highest BCUT2D eigenvalue weighted by Gasteiger charge is 2.16. The Bertz CT molecular complexity index is 697. The van der Waals surface area contributed by atoms with Crippen molar-refractivity contribution in [1.29, 1.82) is 0 Å². The van der Waals surface area contributed by atoms with E-state index in [1.807, 2.05) is 0 Å². The molecule has 0 heterocycles. The number of hydrogen-bond acceptors (Lipinski definition) is 2. The van der Waals surface area contributed by atoms with Gasteiger partial charge in [0.1, 0.15) is 11.6 Å². The first-order valence-electron chi connectivity index (χ1n) is 5.31. The molecule has 2 rings (SSSR count). The van der Waals surface area contributed by atoms with Gasteiger partial charge in [-0.15, -0.1) is 0 Å². The van der Waals surface area contributed by atoms with Crippen molar-refractivity contribution in [3.05, 3.63) is 64.1 Å². The highest BCUT2D eigenvalue weighted by atomic mass is 79.9. The summed E-state index contributed by atoms with van der Waals surface area (Å²) in [5.74, 6) is -1.36. The average Bonchev–Trinajstić information content (AvgIpc) is 2.34. The molecule has 0 saturated heterocycles. The standard InChI is InChI=1S/C13H9BrF2O2S/c14-12-6-1-9(7-13(12)16)8-19(17,18)11-4-2-10(15)3-5-11/h1-7H,8H2. The molecule has 6 heteroatoms. The monoisotopic (exact) mass is 346 g/mol. The van der Waals surface area contributed by atoms with Crippen LogP contribution in [-0.2, 0) is 15.6 Å². The first-order valence-corrected chi connectivity index (χ1v) is 7.75. The van der Waals surface area contributed by atoms with Gasteiger partial charge in [0, 0.05) is 0 Å². The van der Waals surface area contributed by atoms with Crippen molar-refractivity contribution in [2.24, 2.45) is 0 Å². The van der Waals surface area contributed by atoms with E-state index < -0.39 is 21.5 Å². The molecule has 0 aliphatic carbocycles. The molecule has 2 aromatic carbocycles. The Morgan fingerprint density at radius 2 is 1.63 bits per heavy atom. The number of benzene rings is 2. The van der Waals surface area contributed by atoms with E-state index in [-0.39, 0.29) is 15.1 Å². The molecule has 0 fully saturated rings. The second-order valence-corrected chi connectivity index (χ2v) is 6.81. The molecule has 2 aromatic rings. The minimum atomic E-state index is -3.61. The van der Waals surface area contributed by atoms with E-state index in [1.165, 1.54) is 24.3 Å². The molecule has 0 spiro atoms. The summed E-state index contributed by atoms with van der Waals surface area (Å²) in [6.45, 7) is 0. The Kier molecular flexibility index (Phi) is 4.01. The molecule has 0 amide bonds. The van der Waals surface area contributed by atoms with Crippen LogP contribution in [0.25, 0.3) is 0 Å². The van der Waals surface area contributed by atoms with Gasteiger partial charge in [0.15, 0.2) is 9.84 Å². The van der Waals surface area contributed by atoms with E-state index >= 15 is 0 Å². The lowest BCUT2D eigenvalue weighted by Gasteiger charge is -2.05. The number of hydrogen-bond donors (Lipinski definition) is 0. The van der Waals surface area contributed by atoms with Crippen LogP contribution in [0.15, 0.2) is 51.8 Å². The quantitative estimate of drug-likeness (QED) is 0.794. The minimum Gasteiger partial charge on any atom is -0.223 e. The molecule has 0 unspecified atom stereocenters. The van der Waals surface area contributed by atoms with Crippen LogP contribution >= 0.6 is 15.9 Å². The topological polar surface area (TPSA) is 34.1 Å². The summed E-state index contributed by atoms with van der Waals surface area (Å²) in [5, 5.41) is 0. The predicted molar refractivity (Wildman–Crippen MR) is 71.4 cm³/mol. The summed E-state index contributed by atoms with van der Waals surface area (Å²) in [5.41, 5.74) is 0.338. The second kappa shape index (κ2) is 5.38. The van der Waals surface area contributed by atoms with Crippen molar-refractivity contribution in [3.63, 3.8) is 0 Å². The second-order valence-electron chi connectivity index (χ2n) is 3.96. The van der Waals surface area contributed by atoms with Gasteiger partial charge in [-0.3, -0.25) is 0 Å². The zero-order valence-electron chi connectivity index (χ0n) is 9.61. The van der Waals surface area contributed by atoms with Gasteiger partial charge in [-0.25, -0.2) is 17.2 Å². The first-order chi connectivity index (χ1) is 8.88. The third-order valence-electron chi connectivity index (χ3n) is 2.51. The fraction of sp³-hybridized carbons (Fsp3) is 0.0769. The Morgan fingerprint density at radius 3 is 2.21 bits per heavy atom. The van der Waals surface area contributed by atoms with Crippen LogP contribution in [0.4, 0.5) is 8.78 Å². The van der Waals surface area contributed by atoms with Crippen LogP contribution in [0.1, 0.15) is 5.56 Å². The molecule has 0 radical (unpaired) electrons. The Balaban J connectivity index is 2.30. The summed E-state index contributed by atoms with van der Waals surface area (Å²) < 4.78 is 50.4. The van der Waals surface area contributed by atoms with E-state index in [9.17, 15) is 17.2 Å². The smallest absolute Gasteiger partial charge is 0.182 e. The molecule has 2 nitrogen and oxygen atoms in total. The van der Waals surface area contributed by atoms with Gasteiger partial charge >= 0.3 is 0 Å². The maximum absolute atomic E-state index is 13.3. The molecule has 0 atom stereocenters. The highest BCUT2D eigenvalue weighted by Crippen LogP contribution is 2.21. The lowest BCUT2D eigenvalue weighted by Crippen LogP contribution is -2.05. The van der Waals surface area contributed by atoms with Crippen LogP contribution in [0.2, 0.25) is 0 Å². The van der Waals surface area contributed by atoms with Gasteiger partial charge in [0.25, 0.3) is 0 Å². The fourth-order valence-electron chi connectivity index (χ4n) is 1.57. The highest BCUT2D eigenvalue weighted by molar-refractivity contribution is 9.10. The summed E-state index contributed by atoms with van der Waals surface area (Å²) in [6.07, 6.45) is 0. The number of halogens is 3. The molecule has 0 aliphatic rings. The largest absolute Gasteiger partial charge is 0.223 e. The third-order valence-corrected chi connectivity index (χ3v) is 4.86. The Morgan fingerprint density at radius 1 is 1.00 bits per heavy atom. The fourth-order valence-corrected chi connectivity index (χ4v) is 3.16. The van der Waals surface area contributed by atoms with Crippen LogP contribution in [0.5, 0.6) is 0 Å². The van der Waals surface area contributed by atoms with Gasteiger partial charge in [-0.1, -0.05) is 6.07 Å². The van der Waals surface area contributed by atoms with Crippen molar-refractivity contribution < 1.29 is 17.2 Å². The van der Waals surface area contributed by atoms with Gasteiger partial charge in [-0.05, 0) is 57.9 Å². The van der Waals surface area contributed by atoms with Crippen molar-refractivity contribution in [1.82, 2.24) is 0 Å². The van der Waals surface area contributed by atoms with E-state index in [4.69, 9.17) is 0 Å². The summed E-state index contributed by atoms with van der Waals surface area (Å²) in [6, 6.07) is 8.67. The van der Waals surface area contributed by atoms with Crippen LogP contribution in [0, 0.1) is 11.6 Å². The van der Waals surface area contributed by atoms with Gasteiger partial charge in [0.05, 0.1) is 15.1 Å². The molecular weight excluding hydrogens is 338 g/mol. The van der Waals surface area contributed by atoms with E-state index in [0.29, 0.717) is 5.56 Å². The zero-order valence-corrected chi connectivity index (χ0v) is 12.0. The van der Waals surface area contributed by atoms with Gasteiger partial charge < -0.3 is 0 Å². The molecule has 0 aliphatic heterocycles. The summed E-state index contributed by atoms with van der Waals surface area (Å²) in [4.78, 5) is 0.0113. The normalized spacial score (nSPS) is 11.5. The molecule has 19 heavy (non-hydrogen) atoms. The third kappa shape index (κ3) is 3.39. The zero-order chi connectivity index (χ0) is 14.0. The number of rotatable bonds is 3. The first kappa shape index (κ1) is 14.1. The Hall–Kier alpha value is -1.27. The lowest BCUT2D eigenvalue weighted by atomic mass is 10.2. The maximum Gasteiger partial charge on any atom is 0.182 e. The van der Waals surface area contributed by atoms with Gasteiger partial charge in [0.2, 0.25) is 0 Å². The molecule has 0 bridgehead atoms. The van der Waals surface area contributed by atoms with Crippen LogP contribution < -0.4 is 0 Å². The molecular formula is C13H9BrF2O2S. The number of sulfone groups is 1. The minimum absolute atomic E-state index is 0.0113. The maximum atomic E-state index is 13.3. The predicted octanol–water partition coefficient (Wildman–Crippen LogP) is 3.70. The van der Waals surface area contributed by atoms with Crippen molar-refractivity contribution in [2.45, 2.75) is 10.6 Å². The van der Waals surface area contributed by atoms with E-state index in [1.54, 1.807) is 0 Å². The summed E-state index contributed by atoms with van der Waals surface area (Å²) >= 11 is 3.00. The van der Waals surface area contributed by atoms with Crippen molar-refractivity contribution in [2.75, 3.05) is 0 Å². The molecule has 0 saturated carbocycles. The average molecular weight is 347 g/mol. The van der Waals surface area contributed by atoms with Crippen LogP contribution in [-0.4, -0.2) is 8.42 Å². The van der Waals surface area contributed by atoms with Crippen molar-refractivity contribution in [3.8, 4) is 0 Å². The van der Waals surface area contributed by atoms with E-state index in [2.05, 4.69) is 15.9 Å². The molecule has 0 aromatic heterocycles. The van der Waals surface area contributed by atoms with Crippen LogP contribution in [0.3, 0.4) is 0 Å². The van der Waals surface area contributed by atoms with Crippen molar-refractivity contribution >= 4 is 25.8 Å². The Labute approximate surface area is 118 Å². The SMILES string of the molecule is O=S(=O)(Cc1ccc(Br)c(F)c1)c1ccc(F)cc1. The summed E-state index contributed by atoms with van der Waals surface area (Å²) in [7, 11) is -3.61. The van der Waals surface area contributed by atoms with E-state index in [0.717, 1.165) is 18.2 Å². The molecule has 0 N–H and O–H groups in total. The molecule has 100 valence electrons. The lowest BCUT2D eigenvalue weighted by molar-refractivity contribution is 0.593.